The predicted molar refractivity (Wildman–Crippen MR) is 201 cm³/mol. The number of nitrogens with zero attached hydrogens (tertiary/aromatic N) is 1. The fourth-order valence-electron chi connectivity index (χ4n) is 6.24. The maximum Gasteiger partial charge on any atom is 0.148 e. The molecule has 6 heteroatoms. The number of hydrogen-bond donors (Lipinski definition) is 2. The van der Waals surface area contributed by atoms with Crippen LogP contribution in [-0.4, -0.2) is 37.8 Å². The zero-order valence-corrected chi connectivity index (χ0v) is 31.6. The molecule has 262 valence electrons. The molecule has 1 atom stereocenters. The van der Waals surface area contributed by atoms with E-state index >= 15 is 0 Å². The SMILES string of the molecule is COc1ccc(C(N=Cc2cc(C)cc(C(C)(C)C)c2O)C(O)(c2cc(C(C)(C)C)ccc2OC)c2cc(C(C)(C)C)ccc2OC)cc1. The average Bonchev–Trinajstić information content (AvgIpc) is 3.04. The summed E-state index contributed by atoms with van der Waals surface area (Å²) in [7, 11) is 4.85. The van der Waals surface area contributed by atoms with Gasteiger partial charge in [0.25, 0.3) is 0 Å². The van der Waals surface area contributed by atoms with E-state index in [4.69, 9.17) is 19.2 Å². The molecule has 2 N–H and O–H groups in total. The first-order chi connectivity index (χ1) is 22.7. The molecule has 0 aliphatic rings. The third-order valence-corrected chi connectivity index (χ3v) is 9.23. The second-order valence-corrected chi connectivity index (χ2v) is 16.1. The van der Waals surface area contributed by atoms with E-state index in [0.717, 1.165) is 27.8 Å². The number of methoxy groups -OCH3 is 3. The highest BCUT2D eigenvalue weighted by Crippen LogP contribution is 2.51. The molecule has 0 spiro atoms. The fraction of sp³-hybridized carbons (Fsp3) is 0.419. The van der Waals surface area contributed by atoms with E-state index < -0.39 is 11.6 Å². The minimum atomic E-state index is -1.82. The van der Waals surface area contributed by atoms with E-state index in [-0.39, 0.29) is 22.0 Å². The second-order valence-electron chi connectivity index (χ2n) is 16.1. The van der Waals surface area contributed by atoms with Crippen LogP contribution in [0, 0.1) is 6.92 Å². The van der Waals surface area contributed by atoms with E-state index in [9.17, 15) is 10.2 Å². The molecule has 0 aromatic heterocycles. The van der Waals surface area contributed by atoms with Crippen molar-refractivity contribution in [1.82, 2.24) is 0 Å². The zero-order valence-electron chi connectivity index (χ0n) is 31.6. The minimum absolute atomic E-state index is 0.165. The van der Waals surface area contributed by atoms with Gasteiger partial charge in [0.05, 0.1) is 21.3 Å². The molecule has 0 saturated carbocycles. The van der Waals surface area contributed by atoms with E-state index in [0.29, 0.717) is 33.9 Å². The van der Waals surface area contributed by atoms with Crippen molar-refractivity contribution in [2.45, 2.75) is 97.1 Å². The Morgan fingerprint density at radius 3 is 1.51 bits per heavy atom. The number of aromatic hydroxyl groups is 1. The summed E-state index contributed by atoms with van der Waals surface area (Å²) < 4.78 is 17.5. The smallest absolute Gasteiger partial charge is 0.148 e. The summed E-state index contributed by atoms with van der Waals surface area (Å²) >= 11 is 0. The molecular formula is C43H55NO5. The quantitative estimate of drug-likeness (QED) is 0.174. The summed E-state index contributed by atoms with van der Waals surface area (Å²) in [5, 5.41) is 25.4. The maximum atomic E-state index is 13.8. The number of phenolic OH excluding ortho intramolecular Hbond substituents is 1. The lowest BCUT2D eigenvalue weighted by Gasteiger charge is -2.38. The lowest BCUT2D eigenvalue weighted by atomic mass is 9.73. The molecule has 0 saturated heterocycles. The van der Waals surface area contributed by atoms with Crippen molar-refractivity contribution in [2.75, 3.05) is 21.3 Å². The highest BCUT2D eigenvalue weighted by Gasteiger charge is 2.46. The van der Waals surface area contributed by atoms with Gasteiger partial charge in [-0.05, 0) is 87.9 Å². The Labute approximate surface area is 293 Å². The van der Waals surface area contributed by atoms with Crippen LogP contribution in [0.2, 0.25) is 0 Å². The van der Waals surface area contributed by atoms with Gasteiger partial charge >= 0.3 is 0 Å². The molecule has 6 nitrogen and oxygen atoms in total. The standard InChI is InChI=1S/C43H55NO5/c1-27-22-29(38(45)35(23-27)42(8,9)10)26-44-39(28-14-18-32(47-11)19-15-28)43(46,33-24-30(40(2,3)4)16-20-36(33)48-12)34-25-31(41(5,6)7)17-21-37(34)49-13/h14-26,39,45-46H,1-13H3. The topological polar surface area (TPSA) is 80.5 Å². The molecule has 49 heavy (non-hydrogen) atoms. The van der Waals surface area contributed by atoms with Gasteiger partial charge in [-0.1, -0.05) is 92.6 Å². The average molecular weight is 666 g/mol. The highest BCUT2D eigenvalue weighted by atomic mass is 16.5. The number of phenols is 1. The highest BCUT2D eigenvalue weighted by molar-refractivity contribution is 5.85. The number of ether oxygens (including phenoxy) is 3. The molecule has 0 bridgehead atoms. The molecule has 0 radical (unpaired) electrons. The van der Waals surface area contributed by atoms with E-state index in [2.05, 4.69) is 62.3 Å². The summed E-state index contributed by atoms with van der Waals surface area (Å²) in [5.41, 5.74) is 3.70. The number of aliphatic hydroxyl groups is 1. The Kier molecular flexibility index (Phi) is 10.7. The number of rotatable bonds is 9. The molecule has 0 amide bonds. The maximum absolute atomic E-state index is 13.8. The van der Waals surface area contributed by atoms with Crippen LogP contribution in [0.4, 0.5) is 0 Å². The first-order valence-corrected chi connectivity index (χ1v) is 16.9. The molecule has 0 fully saturated rings. The van der Waals surface area contributed by atoms with Crippen molar-refractivity contribution in [3.8, 4) is 23.0 Å². The number of hydrogen-bond acceptors (Lipinski definition) is 6. The predicted octanol–water partition coefficient (Wildman–Crippen LogP) is 9.72. The van der Waals surface area contributed by atoms with Crippen LogP contribution < -0.4 is 14.2 Å². The molecule has 0 aliphatic carbocycles. The normalized spacial score (nSPS) is 13.4. The first kappa shape index (κ1) is 37.5. The van der Waals surface area contributed by atoms with Gasteiger partial charge in [-0.25, -0.2) is 0 Å². The van der Waals surface area contributed by atoms with Gasteiger partial charge in [0.2, 0.25) is 0 Å². The van der Waals surface area contributed by atoms with E-state index in [1.165, 1.54) is 0 Å². The Hall–Kier alpha value is -4.29. The van der Waals surface area contributed by atoms with Gasteiger partial charge in [-0.15, -0.1) is 0 Å². The summed E-state index contributed by atoms with van der Waals surface area (Å²) in [4.78, 5) is 5.22. The monoisotopic (exact) mass is 665 g/mol. The summed E-state index contributed by atoms with van der Waals surface area (Å²) in [6.45, 7) is 21.1. The number of aryl methyl sites for hydroxylation is 1. The minimum Gasteiger partial charge on any atom is -0.507 e. The molecule has 4 rings (SSSR count). The molecule has 0 aliphatic heterocycles. The van der Waals surface area contributed by atoms with Gasteiger partial charge in [0, 0.05) is 28.5 Å². The van der Waals surface area contributed by atoms with Crippen molar-refractivity contribution in [3.63, 3.8) is 0 Å². The van der Waals surface area contributed by atoms with Crippen LogP contribution in [0.15, 0.2) is 77.8 Å². The van der Waals surface area contributed by atoms with Gasteiger partial charge in [0.15, 0.2) is 0 Å². The molecule has 0 heterocycles. The Morgan fingerprint density at radius 2 is 1.10 bits per heavy atom. The molecule has 1 unspecified atom stereocenters. The Balaban J connectivity index is 2.19. The lowest BCUT2D eigenvalue weighted by Crippen LogP contribution is -2.36. The lowest BCUT2D eigenvalue weighted by molar-refractivity contribution is 0.0470. The summed E-state index contributed by atoms with van der Waals surface area (Å²) in [6.07, 6.45) is 1.68. The Morgan fingerprint density at radius 1 is 0.612 bits per heavy atom. The Bertz CT molecular complexity index is 1740. The van der Waals surface area contributed by atoms with Crippen LogP contribution in [0.3, 0.4) is 0 Å². The summed E-state index contributed by atoms with van der Waals surface area (Å²) in [6, 6.07) is 22.5. The van der Waals surface area contributed by atoms with Crippen LogP contribution in [0.25, 0.3) is 0 Å². The zero-order chi connectivity index (χ0) is 36.5. The second kappa shape index (κ2) is 13.9. The molecule has 4 aromatic rings. The van der Waals surface area contributed by atoms with Crippen molar-refractivity contribution in [3.05, 3.63) is 117 Å². The number of benzene rings is 4. The van der Waals surface area contributed by atoms with E-state index in [1.807, 2.05) is 79.7 Å². The van der Waals surface area contributed by atoms with Crippen molar-refractivity contribution in [2.24, 2.45) is 4.99 Å². The first-order valence-electron chi connectivity index (χ1n) is 16.9. The third-order valence-electron chi connectivity index (χ3n) is 9.23. The van der Waals surface area contributed by atoms with Gasteiger partial charge in [0.1, 0.15) is 34.6 Å². The van der Waals surface area contributed by atoms with Gasteiger partial charge in [-0.3, -0.25) is 4.99 Å². The third kappa shape index (κ3) is 7.80. The van der Waals surface area contributed by atoms with Crippen molar-refractivity contribution < 1.29 is 24.4 Å². The van der Waals surface area contributed by atoms with Crippen LogP contribution in [0.1, 0.15) is 113 Å². The molecular weight excluding hydrogens is 610 g/mol. The van der Waals surface area contributed by atoms with Crippen LogP contribution in [-0.2, 0) is 21.8 Å². The van der Waals surface area contributed by atoms with E-state index in [1.54, 1.807) is 27.5 Å². The summed E-state index contributed by atoms with van der Waals surface area (Å²) in [5.74, 6) is 1.88. The number of aliphatic imine (C=N–C) groups is 1. The van der Waals surface area contributed by atoms with Crippen molar-refractivity contribution in [1.29, 1.82) is 0 Å². The fourth-order valence-corrected chi connectivity index (χ4v) is 6.24. The van der Waals surface area contributed by atoms with Gasteiger partial charge in [-0.2, -0.15) is 0 Å². The van der Waals surface area contributed by atoms with Gasteiger partial charge < -0.3 is 24.4 Å². The van der Waals surface area contributed by atoms with Crippen molar-refractivity contribution >= 4 is 6.21 Å². The molecule has 4 aromatic carbocycles. The van der Waals surface area contributed by atoms with Crippen LogP contribution in [0.5, 0.6) is 23.0 Å². The largest absolute Gasteiger partial charge is 0.507 e. The van der Waals surface area contributed by atoms with Crippen LogP contribution >= 0.6 is 0 Å².